The first kappa shape index (κ1) is 26.7. The monoisotopic (exact) mass is 471 g/mol. The van der Waals surface area contributed by atoms with Crippen LogP contribution in [-0.2, 0) is 18.6 Å². The second-order valence-corrected chi connectivity index (χ2v) is 16.0. The third-order valence-electron chi connectivity index (χ3n) is 7.76. The van der Waals surface area contributed by atoms with Crippen molar-refractivity contribution in [3.63, 3.8) is 0 Å². The topological polar surface area (TPSA) is 60.7 Å². The van der Waals surface area contributed by atoms with Crippen molar-refractivity contribution in [3.8, 4) is 6.07 Å². The van der Waals surface area contributed by atoms with Gasteiger partial charge in [-0.05, 0) is 43.0 Å². The molecule has 0 aromatic carbocycles. The maximum atomic E-state index is 10.4. The van der Waals surface area contributed by atoms with Gasteiger partial charge in [-0.1, -0.05) is 53.1 Å². The molecule has 7 heteroatoms. The Morgan fingerprint density at radius 3 is 1.90 bits per heavy atom. The largest absolute Gasteiger partial charge is 0.501 e. The van der Waals surface area contributed by atoms with Gasteiger partial charge >= 0.3 is 0 Å². The Morgan fingerprint density at radius 2 is 1.55 bits per heavy atom. The summed E-state index contributed by atoms with van der Waals surface area (Å²) in [5.74, 6) is 0.746. The molecule has 0 unspecified atom stereocenters. The first-order valence-electron chi connectivity index (χ1n) is 11.7. The molecule has 2 rings (SSSR count). The number of hydrogen-bond donors (Lipinski definition) is 0. The summed E-state index contributed by atoms with van der Waals surface area (Å²) in [6.07, 6.45) is 2.48. The third kappa shape index (κ3) is 3.79. The predicted octanol–water partition coefficient (Wildman–Crippen LogP) is 6.04. The molecule has 0 radical (unpaired) electrons. The number of hydrogen-bond acceptors (Lipinski definition) is 5. The maximum absolute atomic E-state index is 10.4. The molecule has 1 fully saturated rings. The lowest BCUT2D eigenvalue weighted by Crippen LogP contribution is -2.65. The zero-order valence-electron chi connectivity index (χ0n) is 20.9. The van der Waals surface area contributed by atoms with E-state index in [1.54, 1.807) is 7.11 Å². The van der Waals surface area contributed by atoms with E-state index in [0.717, 1.165) is 5.76 Å². The van der Waals surface area contributed by atoms with Gasteiger partial charge in [0.25, 0.3) is 0 Å². The Morgan fingerprint density at radius 1 is 1.06 bits per heavy atom. The van der Waals surface area contributed by atoms with Crippen molar-refractivity contribution >= 4 is 19.9 Å². The van der Waals surface area contributed by atoms with Gasteiger partial charge in [-0.2, -0.15) is 5.26 Å². The molecule has 0 aromatic rings. The molecule has 31 heavy (non-hydrogen) atoms. The zero-order valence-corrected chi connectivity index (χ0v) is 22.6. The van der Waals surface area contributed by atoms with Crippen LogP contribution in [-0.4, -0.2) is 52.3 Å². The Kier molecular flexibility index (Phi) is 8.37. The van der Waals surface area contributed by atoms with Crippen molar-refractivity contribution in [1.29, 1.82) is 5.26 Å². The lowest BCUT2D eigenvalue weighted by molar-refractivity contribution is -0.113. The van der Waals surface area contributed by atoms with Gasteiger partial charge in [0.05, 0.1) is 37.6 Å². The fourth-order valence-corrected chi connectivity index (χ4v) is 12.6. The first-order valence-corrected chi connectivity index (χ1v) is 14.2. The quantitative estimate of drug-likeness (QED) is 0.256. The minimum absolute atomic E-state index is 0.0917. The second-order valence-electron chi connectivity index (χ2n) is 10.0. The Labute approximate surface area is 195 Å². The Hall–Kier alpha value is -0.583. The molecule has 178 valence electrons. The summed E-state index contributed by atoms with van der Waals surface area (Å²) < 4.78 is 25.4. The summed E-state index contributed by atoms with van der Waals surface area (Å²) in [5.41, 5.74) is -0.618. The minimum Gasteiger partial charge on any atom is -0.501 e. The van der Waals surface area contributed by atoms with Gasteiger partial charge in [0.1, 0.15) is 5.60 Å². The Bertz CT molecular complexity index is 674. The van der Waals surface area contributed by atoms with Crippen LogP contribution >= 0.6 is 11.6 Å². The van der Waals surface area contributed by atoms with Crippen LogP contribution < -0.4 is 0 Å². The molecule has 3 atom stereocenters. The van der Waals surface area contributed by atoms with Gasteiger partial charge in [0.2, 0.25) is 8.32 Å². The summed E-state index contributed by atoms with van der Waals surface area (Å²) in [7, 11) is -0.734. The van der Waals surface area contributed by atoms with Gasteiger partial charge in [-0.25, -0.2) is 0 Å². The fourth-order valence-electron chi connectivity index (χ4n) is 6.41. The van der Waals surface area contributed by atoms with E-state index in [2.05, 4.69) is 47.6 Å². The van der Waals surface area contributed by atoms with Crippen LogP contribution in [0.3, 0.4) is 0 Å². The third-order valence-corrected chi connectivity index (χ3v) is 14.4. The van der Waals surface area contributed by atoms with Crippen molar-refractivity contribution < 1.29 is 18.6 Å². The number of ether oxygens (including phenoxy) is 3. The Balaban J connectivity index is 2.82. The van der Waals surface area contributed by atoms with Crippen LogP contribution in [0.25, 0.3) is 0 Å². The second kappa shape index (κ2) is 9.73. The van der Waals surface area contributed by atoms with E-state index in [9.17, 15) is 5.26 Å². The molecule has 1 saturated carbocycles. The van der Waals surface area contributed by atoms with Gasteiger partial charge < -0.3 is 18.6 Å². The van der Waals surface area contributed by atoms with Crippen LogP contribution in [0.5, 0.6) is 0 Å². The maximum Gasteiger partial charge on any atom is 0.201 e. The summed E-state index contributed by atoms with van der Waals surface area (Å²) in [6, 6.07) is 2.46. The lowest BCUT2D eigenvalue weighted by Gasteiger charge is -2.54. The van der Waals surface area contributed by atoms with E-state index in [1.807, 2.05) is 19.9 Å². The summed E-state index contributed by atoms with van der Waals surface area (Å²) >= 11 is 7.22. The number of fused-ring (bicyclic) bond motifs is 2. The zero-order chi connectivity index (χ0) is 23.7. The number of halogens is 1. The van der Waals surface area contributed by atoms with Gasteiger partial charge in [0, 0.05) is 19.1 Å². The molecular weight excluding hydrogens is 430 g/mol. The highest BCUT2D eigenvalue weighted by atomic mass is 35.5. The van der Waals surface area contributed by atoms with E-state index in [4.69, 9.17) is 30.2 Å². The van der Waals surface area contributed by atoms with Crippen molar-refractivity contribution in [1.82, 2.24) is 0 Å². The summed E-state index contributed by atoms with van der Waals surface area (Å²) in [4.78, 5) is -1.20. The molecule has 5 nitrogen and oxygen atoms in total. The molecule has 2 bridgehead atoms. The van der Waals surface area contributed by atoms with E-state index in [-0.39, 0.29) is 5.92 Å². The van der Waals surface area contributed by atoms with Gasteiger partial charge in [-0.3, -0.25) is 0 Å². The number of alkyl halides is 1. The molecule has 0 heterocycles. The molecule has 2 aliphatic carbocycles. The van der Waals surface area contributed by atoms with Crippen LogP contribution in [0.2, 0.25) is 16.6 Å². The normalized spacial score (nSPS) is 29.7. The van der Waals surface area contributed by atoms with Crippen LogP contribution in [0.4, 0.5) is 0 Å². The summed E-state index contributed by atoms with van der Waals surface area (Å²) in [6.45, 7) is 19.4. The van der Waals surface area contributed by atoms with E-state index >= 15 is 0 Å². The van der Waals surface area contributed by atoms with E-state index < -0.39 is 24.2 Å². The van der Waals surface area contributed by atoms with Gasteiger partial charge in [-0.15, -0.1) is 0 Å². The van der Waals surface area contributed by atoms with Crippen molar-refractivity contribution in [2.45, 2.75) is 88.9 Å². The highest BCUT2D eigenvalue weighted by Crippen LogP contribution is 2.69. The highest BCUT2D eigenvalue weighted by molar-refractivity contribution is 6.77. The molecule has 0 spiro atoms. The van der Waals surface area contributed by atoms with Crippen molar-refractivity contribution in [2.75, 3.05) is 33.5 Å². The predicted molar refractivity (Wildman–Crippen MR) is 128 cm³/mol. The smallest absolute Gasteiger partial charge is 0.201 e. The molecule has 0 amide bonds. The number of nitriles is 1. The molecule has 0 N–H and O–H groups in total. The van der Waals surface area contributed by atoms with Crippen LogP contribution in [0.1, 0.15) is 61.8 Å². The number of rotatable bonds is 12. The molecule has 2 aliphatic rings. The van der Waals surface area contributed by atoms with Crippen LogP contribution in [0.15, 0.2) is 11.8 Å². The first-order chi connectivity index (χ1) is 14.5. The standard InChI is InChI=1S/C24H42ClNO4Si/c1-10-28-15-22(16-29-11-2)20-12-23(25,14-26)24(22,13-21(20)27-9)30-31(17(3)4,18(5)6)19(7)8/h13,17-20H,10-12,15-16H2,1-9H3/t20-,23-,24-/m1/s1. The number of allylic oxidation sites excluding steroid dienone is 1. The van der Waals surface area contributed by atoms with Crippen molar-refractivity contribution in [2.24, 2.45) is 11.3 Å². The highest BCUT2D eigenvalue weighted by Gasteiger charge is 2.78. The van der Waals surface area contributed by atoms with Gasteiger partial charge in [0.15, 0.2) is 4.87 Å². The average molecular weight is 472 g/mol. The fraction of sp³-hybridized carbons (Fsp3) is 0.875. The molecule has 0 aromatic heterocycles. The van der Waals surface area contributed by atoms with Crippen LogP contribution in [0, 0.1) is 22.7 Å². The molecule has 0 aliphatic heterocycles. The van der Waals surface area contributed by atoms with E-state index in [0.29, 0.717) is 49.5 Å². The molecule has 0 saturated heterocycles. The molecular formula is C24H42ClNO4Si. The minimum atomic E-state index is -2.42. The SMILES string of the molecule is CCOCC1(COCC)[C@@H]2C[C@@](Cl)(C#N)[C@@]1(O[Si](C(C)C)(C(C)C)C(C)C)C=C2OC. The number of nitrogens with zero attached hydrogens (tertiary/aromatic N) is 1. The summed E-state index contributed by atoms with van der Waals surface area (Å²) in [5, 5.41) is 10.4. The van der Waals surface area contributed by atoms with E-state index in [1.165, 1.54) is 0 Å². The number of methoxy groups -OCH3 is 1. The average Bonchev–Trinajstić information content (AvgIpc) is 3.08. The van der Waals surface area contributed by atoms with Crippen molar-refractivity contribution in [3.05, 3.63) is 11.8 Å². The lowest BCUT2D eigenvalue weighted by atomic mass is 9.73.